The van der Waals surface area contributed by atoms with Crippen LogP contribution in [0.4, 0.5) is 4.39 Å². The molecule has 1 fully saturated rings. The van der Waals surface area contributed by atoms with E-state index in [1.54, 1.807) is 25.3 Å². The summed E-state index contributed by atoms with van der Waals surface area (Å²) in [4.78, 5) is 16.9. The Morgan fingerprint density at radius 2 is 2.23 bits per heavy atom. The van der Waals surface area contributed by atoms with Crippen LogP contribution in [-0.4, -0.2) is 28.5 Å². The lowest BCUT2D eigenvalue weighted by Crippen LogP contribution is -2.55. The number of alkyl halides is 1. The molecular formula is C22H22Cl2FN3O2S. The van der Waals surface area contributed by atoms with Crippen molar-refractivity contribution < 1.29 is 13.9 Å². The second kappa shape index (κ2) is 8.81. The Balaban J connectivity index is 1.57. The number of rotatable bonds is 7. The fraction of sp³-hybridized carbons (Fsp3) is 0.364. The number of nitrogens with one attached hydrogen (secondary N) is 2. The summed E-state index contributed by atoms with van der Waals surface area (Å²) in [5.41, 5.74) is 1.18. The number of amides is 1. The molecule has 4 rings (SSSR count). The van der Waals surface area contributed by atoms with Crippen molar-refractivity contribution in [3.8, 4) is 16.3 Å². The van der Waals surface area contributed by atoms with Gasteiger partial charge in [0.05, 0.1) is 17.7 Å². The summed E-state index contributed by atoms with van der Waals surface area (Å²) in [7, 11) is 0. The zero-order chi connectivity index (χ0) is 22.2. The minimum absolute atomic E-state index is 0.191. The molecule has 1 amide bonds. The normalized spacial score (nSPS) is 21.6. The average Bonchev–Trinajstić information content (AvgIpc) is 3.47. The van der Waals surface area contributed by atoms with Gasteiger partial charge in [0.1, 0.15) is 16.6 Å². The van der Waals surface area contributed by atoms with Gasteiger partial charge in [0.15, 0.2) is 5.00 Å². The van der Waals surface area contributed by atoms with Crippen LogP contribution < -0.4 is 15.4 Å². The minimum Gasteiger partial charge on any atom is -0.493 e. The van der Waals surface area contributed by atoms with Crippen molar-refractivity contribution >= 4 is 40.4 Å². The van der Waals surface area contributed by atoms with E-state index in [0.717, 1.165) is 21.5 Å². The van der Waals surface area contributed by atoms with E-state index in [2.05, 4.69) is 15.6 Å². The Kier molecular flexibility index (Phi) is 6.28. The van der Waals surface area contributed by atoms with Gasteiger partial charge in [-0.3, -0.25) is 4.79 Å². The van der Waals surface area contributed by atoms with Gasteiger partial charge in [0.2, 0.25) is 0 Å². The first-order valence-electron chi connectivity index (χ1n) is 9.96. The number of hydrogen-bond donors (Lipinski definition) is 2. The third kappa shape index (κ3) is 5.05. The number of carbonyl (C=O) groups is 1. The lowest BCUT2D eigenvalue weighted by Gasteiger charge is -2.34. The fourth-order valence-electron chi connectivity index (χ4n) is 3.15. The quantitative estimate of drug-likeness (QED) is 0.404. The van der Waals surface area contributed by atoms with Gasteiger partial charge in [-0.05, 0) is 56.9 Å². The highest BCUT2D eigenvalue weighted by Gasteiger charge is 2.41. The minimum atomic E-state index is -1.62. The number of halogens is 3. The second-order valence-electron chi connectivity index (χ2n) is 7.85. The molecule has 1 aromatic heterocycles. The van der Waals surface area contributed by atoms with Crippen LogP contribution in [0.2, 0.25) is 0 Å². The summed E-state index contributed by atoms with van der Waals surface area (Å²) in [5.74, 6) is 0.113. The van der Waals surface area contributed by atoms with Crippen LogP contribution in [0, 0.1) is 12.8 Å². The Labute approximate surface area is 194 Å². The predicted molar refractivity (Wildman–Crippen MR) is 122 cm³/mol. The predicted octanol–water partition coefficient (Wildman–Crippen LogP) is 5.50. The maximum absolute atomic E-state index is 14.5. The first-order valence-corrected chi connectivity index (χ1v) is 11.5. The Bertz CT molecular complexity index is 1070. The fourth-order valence-corrected chi connectivity index (χ4v) is 4.21. The largest absolute Gasteiger partial charge is 0.493 e. The molecule has 2 N–H and O–H groups in total. The maximum atomic E-state index is 14.5. The lowest BCUT2D eigenvalue weighted by molar-refractivity contribution is 0.0928. The molecule has 1 saturated carbocycles. The van der Waals surface area contributed by atoms with Gasteiger partial charge in [-0.1, -0.05) is 23.2 Å². The molecule has 2 atom stereocenters. The van der Waals surface area contributed by atoms with Gasteiger partial charge in [0, 0.05) is 28.4 Å². The van der Waals surface area contributed by atoms with Crippen LogP contribution >= 0.6 is 34.5 Å². The zero-order valence-corrected chi connectivity index (χ0v) is 19.4. The number of carbonyl (C=O) groups excluding carboxylic acids is 1. The second-order valence-corrected chi connectivity index (χ2v) is 10.1. The molecule has 2 aromatic rings. The zero-order valence-electron chi connectivity index (χ0n) is 17.0. The molecule has 5 nitrogen and oxygen atoms in total. The highest BCUT2D eigenvalue weighted by molar-refractivity contribution is 7.14. The summed E-state index contributed by atoms with van der Waals surface area (Å²) in [6.45, 7) is 4.22. The summed E-state index contributed by atoms with van der Waals surface area (Å²) >= 11 is 13.8. The van der Waals surface area contributed by atoms with Gasteiger partial charge in [-0.25, -0.2) is 9.37 Å². The number of aromatic nitrogens is 1. The first-order chi connectivity index (χ1) is 14.7. The molecule has 0 radical (unpaired) electrons. The topological polar surface area (TPSA) is 63.2 Å². The Hall–Kier alpha value is -2.09. The van der Waals surface area contributed by atoms with E-state index in [1.165, 1.54) is 30.4 Å². The third-order valence-corrected chi connectivity index (χ3v) is 6.99. The van der Waals surface area contributed by atoms with Crippen molar-refractivity contribution in [3.63, 3.8) is 0 Å². The van der Waals surface area contributed by atoms with Crippen LogP contribution in [0.3, 0.4) is 0 Å². The first kappa shape index (κ1) is 22.1. The van der Waals surface area contributed by atoms with Gasteiger partial charge < -0.3 is 15.4 Å². The number of thiazole rings is 1. The Morgan fingerprint density at radius 3 is 2.87 bits per heavy atom. The van der Waals surface area contributed by atoms with E-state index in [9.17, 15) is 9.18 Å². The van der Waals surface area contributed by atoms with Crippen molar-refractivity contribution in [2.45, 2.75) is 37.7 Å². The molecule has 2 aliphatic rings. The SMILES string of the molecule is Cc1cnc(-c2cc(OCC3CC3)cc(C(=O)NC(C)C3(Cl)NC=C(Cl)C=C3F)c2)s1. The van der Waals surface area contributed by atoms with E-state index in [4.69, 9.17) is 27.9 Å². The van der Waals surface area contributed by atoms with Gasteiger partial charge in [0.25, 0.3) is 5.91 Å². The average molecular weight is 482 g/mol. The van der Waals surface area contributed by atoms with Crippen LogP contribution in [0.1, 0.15) is 35.0 Å². The molecule has 0 saturated heterocycles. The Morgan fingerprint density at radius 1 is 1.45 bits per heavy atom. The molecule has 1 aliphatic carbocycles. The molecule has 1 aliphatic heterocycles. The molecule has 2 unspecified atom stereocenters. The number of hydrogen-bond acceptors (Lipinski definition) is 5. The van der Waals surface area contributed by atoms with E-state index in [0.29, 0.717) is 23.8 Å². The smallest absolute Gasteiger partial charge is 0.251 e. The third-order valence-electron chi connectivity index (χ3n) is 5.20. The summed E-state index contributed by atoms with van der Waals surface area (Å²) in [5, 5.41) is 6.49. The van der Waals surface area contributed by atoms with E-state index in [1.807, 2.05) is 13.0 Å². The highest BCUT2D eigenvalue weighted by Crippen LogP contribution is 2.34. The van der Waals surface area contributed by atoms with Crippen LogP contribution in [0.15, 0.2) is 47.5 Å². The molecule has 2 heterocycles. The highest BCUT2D eigenvalue weighted by atomic mass is 35.5. The lowest BCUT2D eigenvalue weighted by atomic mass is 10.0. The van der Waals surface area contributed by atoms with Crippen molar-refractivity contribution in [3.05, 3.63) is 58.0 Å². The number of aryl methyl sites for hydroxylation is 1. The van der Waals surface area contributed by atoms with Crippen molar-refractivity contribution in [2.75, 3.05) is 6.61 Å². The molecular weight excluding hydrogens is 460 g/mol. The van der Waals surface area contributed by atoms with Gasteiger partial charge >= 0.3 is 0 Å². The molecule has 1 aromatic carbocycles. The summed E-state index contributed by atoms with van der Waals surface area (Å²) in [6, 6.07) is 4.55. The number of dihydropyridines is 1. The molecule has 9 heteroatoms. The standard InChI is InChI=1S/C22H22Cl2FN3O2S/c1-12-9-26-21(31-12)16-5-15(6-18(7-16)30-11-14-3-4-14)20(29)28-13(2)22(24)19(25)8-17(23)10-27-22/h5-10,13-14,27H,3-4,11H2,1-2H3,(H,28,29). The number of allylic oxidation sites excluding steroid dienone is 2. The van der Waals surface area contributed by atoms with Gasteiger partial charge in [-0.2, -0.15) is 0 Å². The number of ether oxygens (including phenoxy) is 1. The van der Waals surface area contributed by atoms with Crippen LogP contribution in [0.25, 0.3) is 10.6 Å². The number of benzene rings is 1. The molecule has 0 bridgehead atoms. The summed E-state index contributed by atoms with van der Waals surface area (Å²) in [6.07, 6.45) is 6.65. The molecule has 164 valence electrons. The molecule has 0 spiro atoms. The maximum Gasteiger partial charge on any atom is 0.251 e. The van der Waals surface area contributed by atoms with E-state index >= 15 is 0 Å². The van der Waals surface area contributed by atoms with E-state index < -0.39 is 22.8 Å². The monoisotopic (exact) mass is 481 g/mol. The van der Waals surface area contributed by atoms with Crippen LogP contribution in [-0.2, 0) is 0 Å². The number of nitrogens with zero attached hydrogens (tertiary/aromatic N) is 1. The summed E-state index contributed by atoms with van der Waals surface area (Å²) < 4.78 is 20.4. The van der Waals surface area contributed by atoms with Crippen molar-refractivity contribution in [1.29, 1.82) is 0 Å². The van der Waals surface area contributed by atoms with Crippen molar-refractivity contribution in [1.82, 2.24) is 15.6 Å². The van der Waals surface area contributed by atoms with Crippen molar-refractivity contribution in [2.24, 2.45) is 5.92 Å². The van der Waals surface area contributed by atoms with Gasteiger partial charge in [-0.15, -0.1) is 11.3 Å². The molecule has 31 heavy (non-hydrogen) atoms. The van der Waals surface area contributed by atoms with Crippen LogP contribution in [0.5, 0.6) is 5.75 Å². The van der Waals surface area contributed by atoms with E-state index in [-0.39, 0.29) is 5.03 Å².